The minimum atomic E-state index is -4.68. The van der Waals surface area contributed by atoms with Crippen LogP contribution in [-0.2, 0) is 17.0 Å². The van der Waals surface area contributed by atoms with Crippen molar-refractivity contribution in [2.45, 2.75) is 19.1 Å². The highest BCUT2D eigenvalue weighted by Gasteiger charge is 2.62. The number of para-hydroxylation sites is 4. The molecule has 1 aliphatic heterocycles. The summed E-state index contributed by atoms with van der Waals surface area (Å²) in [5.41, 5.74) is -2.86. The zero-order chi connectivity index (χ0) is 40.3. The van der Waals surface area contributed by atoms with E-state index in [9.17, 15) is 10.5 Å². The number of furan rings is 2. The van der Waals surface area contributed by atoms with Crippen molar-refractivity contribution >= 4 is 73.5 Å². The van der Waals surface area contributed by atoms with E-state index in [1.54, 1.807) is 110 Å². The molecule has 0 saturated carbocycles. The zero-order valence-corrected chi connectivity index (χ0v) is 30.5. The average Bonchev–Trinajstić information content (AvgIpc) is 3.84. The Hall–Kier alpha value is -7.60. The number of hydrogen-bond acceptors (Lipinski definition) is 7. The third kappa shape index (κ3) is 5.60. The van der Waals surface area contributed by atoms with Gasteiger partial charge < -0.3 is 18.6 Å². The van der Waals surface area contributed by atoms with Gasteiger partial charge in [0.15, 0.2) is 0 Å². The summed E-state index contributed by atoms with van der Waals surface area (Å²) in [6.07, 6.45) is -6.07. The van der Waals surface area contributed by atoms with Crippen molar-refractivity contribution in [3.8, 4) is 12.1 Å². The molecule has 0 fully saturated rings. The molecule has 3 heterocycles. The predicted molar refractivity (Wildman–Crippen MR) is 214 cm³/mol. The Balaban J connectivity index is 1.38. The van der Waals surface area contributed by atoms with Crippen LogP contribution >= 0.6 is 0 Å². The van der Waals surface area contributed by atoms with Crippen LogP contribution in [-0.4, -0.2) is 0 Å². The van der Waals surface area contributed by atoms with Gasteiger partial charge in [-0.05, 0) is 55.5 Å². The summed E-state index contributed by atoms with van der Waals surface area (Å²) in [6, 6.07) is 39.5. The molecule has 1 aliphatic rings. The molecule has 58 heavy (non-hydrogen) atoms. The first-order valence-corrected chi connectivity index (χ1v) is 18.0. The van der Waals surface area contributed by atoms with Gasteiger partial charge in [0.1, 0.15) is 34.3 Å². The number of nitriles is 2. The highest BCUT2D eigenvalue weighted by atomic mass is 19.3. The van der Waals surface area contributed by atoms with Crippen LogP contribution in [0.2, 0.25) is 0 Å². The third-order valence-corrected chi connectivity index (χ3v) is 10.1. The Bertz CT molecular complexity index is 3180. The molecule has 2 aromatic heterocycles. The molecule has 11 heteroatoms. The maximum atomic E-state index is 16.6. The fourth-order valence-electron chi connectivity index (χ4n) is 7.78. The van der Waals surface area contributed by atoms with Crippen LogP contribution in [0.3, 0.4) is 0 Å². The fraction of sp³-hybridized carbons (Fsp3) is 0.0638. The summed E-state index contributed by atoms with van der Waals surface area (Å²) in [4.78, 5) is 2.40. The first-order valence-electron chi connectivity index (χ1n) is 18.0. The van der Waals surface area contributed by atoms with E-state index < -0.39 is 45.8 Å². The second-order valence-corrected chi connectivity index (χ2v) is 13.5. The molecule has 9 rings (SSSR count). The Morgan fingerprint density at radius 2 is 1.16 bits per heavy atom. The molecule has 0 spiro atoms. The lowest BCUT2D eigenvalue weighted by molar-refractivity contribution is -0.369. The van der Waals surface area contributed by atoms with E-state index in [0.29, 0.717) is 32.8 Å². The Morgan fingerprint density at radius 3 is 1.79 bits per heavy atom. The third-order valence-electron chi connectivity index (χ3n) is 10.1. The van der Waals surface area contributed by atoms with E-state index in [1.165, 1.54) is 11.0 Å². The lowest BCUT2D eigenvalue weighted by atomic mass is 9.91. The minimum Gasteiger partial charge on any atom is -0.456 e. The Kier molecular flexibility index (Phi) is 8.43. The highest BCUT2D eigenvalue weighted by molar-refractivity contribution is 6.06. The number of hydrogen-bond donors (Lipinski definition) is 0. The quantitative estimate of drug-likeness (QED) is 0.149. The molecule has 8 aromatic rings. The van der Waals surface area contributed by atoms with Crippen molar-refractivity contribution < 1.29 is 31.1 Å². The lowest BCUT2D eigenvalue weighted by Crippen LogP contribution is -2.26. The average molecular weight is 773 g/mol. The van der Waals surface area contributed by atoms with Crippen molar-refractivity contribution in [1.82, 2.24) is 0 Å². The van der Waals surface area contributed by atoms with Crippen LogP contribution in [0.5, 0.6) is 0 Å². The molecule has 7 nitrogen and oxygen atoms in total. The number of nitrogens with zero attached hydrogens (tertiary/aromatic N) is 4. The number of ether oxygens (including phenoxy) is 1. The van der Waals surface area contributed by atoms with E-state index in [0.717, 1.165) is 15.7 Å². The molecule has 0 unspecified atom stereocenters. The molecule has 0 atom stereocenters. The molecular formula is C47H28F4N4O3. The van der Waals surface area contributed by atoms with E-state index in [4.69, 9.17) is 8.83 Å². The van der Waals surface area contributed by atoms with Crippen molar-refractivity contribution in [3.05, 3.63) is 173 Å². The molecule has 0 bridgehead atoms. The number of fused-ring (bicyclic) bond motifs is 5. The maximum absolute atomic E-state index is 16.6. The van der Waals surface area contributed by atoms with Gasteiger partial charge in [-0.2, -0.15) is 28.1 Å². The summed E-state index contributed by atoms with van der Waals surface area (Å²) in [5, 5.41) is 24.9. The van der Waals surface area contributed by atoms with Gasteiger partial charge in [-0.25, -0.2) is 4.74 Å². The van der Waals surface area contributed by atoms with Crippen molar-refractivity contribution in [2.75, 3.05) is 9.80 Å². The lowest BCUT2D eigenvalue weighted by Gasteiger charge is -2.33. The minimum absolute atomic E-state index is 0.0371. The van der Waals surface area contributed by atoms with Crippen LogP contribution in [0.1, 0.15) is 29.2 Å². The topological polar surface area (TPSA) is 89.6 Å². The molecule has 0 saturated heterocycles. The van der Waals surface area contributed by atoms with Gasteiger partial charge >= 0.3 is 12.2 Å². The summed E-state index contributed by atoms with van der Waals surface area (Å²) in [6.45, 7) is 6.00. The second kappa shape index (κ2) is 13.6. The molecule has 0 radical (unpaired) electrons. The van der Waals surface area contributed by atoms with E-state index in [-0.39, 0.29) is 22.8 Å². The van der Waals surface area contributed by atoms with Gasteiger partial charge in [-0.3, -0.25) is 0 Å². The standard InChI is InChI=1S/C47H28F4N4O3/c1-3-32-33-18-10-12-20-38(33)56-40(32)24-28(2)54(29-14-6-4-7-15-29)44-36(26-52)37(27-53)45(43-42(44)46(48,49)58-47(43,50)51)55(30-16-8-5-9-17-30)31-22-23-35-34-19-11-13-21-39(34)57-41(35)25-31/h3-25H,2H2,1H3/b32-3-,40-24+. The van der Waals surface area contributed by atoms with Crippen LogP contribution < -0.4 is 20.4 Å². The summed E-state index contributed by atoms with van der Waals surface area (Å²) < 4.78 is 83.2. The molecule has 6 aromatic carbocycles. The number of benzene rings is 6. The monoisotopic (exact) mass is 772 g/mol. The molecular weight excluding hydrogens is 745 g/mol. The molecule has 0 amide bonds. The second-order valence-electron chi connectivity index (χ2n) is 13.5. The Morgan fingerprint density at radius 1 is 0.621 bits per heavy atom. The zero-order valence-electron chi connectivity index (χ0n) is 30.5. The summed E-state index contributed by atoms with van der Waals surface area (Å²) >= 11 is 0. The largest absolute Gasteiger partial charge is 0.456 e. The maximum Gasteiger partial charge on any atom is 0.390 e. The molecule has 0 N–H and O–H groups in total. The smallest absolute Gasteiger partial charge is 0.390 e. The summed E-state index contributed by atoms with van der Waals surface area (Å²) in [5.74, 6) is 0. The van der Waals surface area contributed by atoms with Gasteiger partial charge in [0.2, 0.25) is 0 Å². The number of rotatable bonds is 7. The van der Waals surface area contributed by atoms with Crippen LogP contribution in [0.15, 0.2) is 149 Å². The van der Waals surface area contributed by atoms with E-state index in [1.807, 2.05) is 42.5 Å². The van der Waals surface area contributed by atoms with Crippen LogP contribution in [0, 0.1) is 22.7 Å². The SMILES string of the molecule is C=C(/C=c1/oc2ccccc2/c1=C/C)N(c1ccccc1)c1c(C#N)c(C#N)c(N(c2ccccc2)c2ccc3c(c2)oc2ccccc23)c2c1C(F)(F)OC2(F)F. The summed E-state index contributed by atoms with van der Waals surface area (Å²) in [7, 11) is 0. The number of halogens is 4. The number of allylic oxidation sites excluding steroid dienone is 1. The van der Waals surface area contributed by atoms with Crippen LogP contribution in [0.4, 0.5) is 46.0 Å². The normalized spacial score (nSPS) is 14.7. The van der Waals surface area contributed by atoms with Crippen molar-refractivity contribution in [1.29, 1.82) is 10.5 Å². The molecule has 0 aliphatic carbocycles. The van der Waals surface area contributed by atoms with Crippen molar-refractivity contribution in [3.63, 3.8) is 0 Å². The molecule has 282 valence electrons. The first kappa shape index (κ1) is 36.1. The highest BCUT2D eigenvalue weighted by Crippen LogP contribution is 2.61. The van der Waals surface area contributed by atoms with Crippen LogP contribution in [0.25, 0.3) is 45.1 Å². The van der Waals surface area contributed by atoms with Gasteiger partial charge in [-0.15, -0.1) is 0 Å². The van der Waals surface area contributed by atoms with Gasteiger partial charge in [0, 0.05) is 56.3 Å². The number of anilines is 5. The predicted octanol–water partition coefficient (Wildman–Crippen LogP) is 11.6. The van der Waals surface area contributed by atoms with Gasteiger partial charge in [0.05, 0.1) is 33.6 Å². The first-order chi connectivity index (χ1) is 28.1. The van der Waals surface area contributed by atoms with Gasteiger partial charge in [0.25, 0.3) is 0 Å². The van der Waals surface area contributed by atoms with Gasteiger partial charge in [-0.1, -0.05) is 85.5 Å². The number of alkyl halides is 4. The fourth-order valence-corrected chi connectivity index (χ4v) is 7.78. The van der Waals surface area contributed by atoms with E-state index >= 15 is 17.6 Å². The van der Waals surface area contributed by atoms with E-state index in [2.05, 4.69) is 11.3 Å². The van der Waals surface area contributed by atoms with Crippen molar-refractivity contribution in [2.24, 2.45) is 0 Å². The Labute approximate surface area is 328 Å².